The molecule has 0 heterocycles. The van der Waals surface area contributed by atoms with Crippen molar-refractivity contribution in [3.05, 3.63) is 23.3 Å². The van der Waals surface area contributed by atoms with Gasteiger partial charge in [0.15, 0.2) is 5.78 Å². The number of allylic oxidation sites excluding steroid dienone is 3. The molecule has 2 aliphatic carbocycles. The van der Waals surface area contributed by atoms with E-state index < -0.39 is 5.60 Å². The van der Waals surface area contributed by atoms with Crippen molar-refractivity contribution in [2.45, 2.75) is 45.1 Å². The Morgan fingerprint density at radius 2 is 2.00 bits per heavy atom. The van der Waals surface area contributed by atoms with E-state index in [0.29, 0.717) is 6.42 Å². The molecule has 0 fully saturated rings. The molecule has 0 spiro atoms. The molecule has 0 bridgehead atoms. The third kappa shape index (κ3) is 2.22. The number of carbonyl (C=O) groups is 1. The maximum absolute atomic E-state index is 11.5. The molecule has 3 heteroatoms. The van der Waals surface area contributed by atoms with Crippen LogP contribution in [0.3, 0.4) is 0 Å². The average molecular weight is 236 g/mol. The fraction of sp³-hybridized carbons (Fsp3) is 0.643. The summed E-state index contributed by atoms with van der Waals surface area (Å²) in [5.74, 6) is 0.165. The van der Waals surface area contributed by atoms with Gasteiger partial charge in [-0.1, -0.05) is 13.0 Å². The molecule has 0 radical (unpaired) electrons. The minimum absolute atomic E-state index is 0.0724. The van der Waals surface area contributed by atoms with Crippen LogP contribution in [0.1, 0.15) is 39.5 Å². The average Bonchev–Trinajstić information content (AvgIpc) is 2.29. The molecule has 0 aromatic rings. The Balaban J connectivity index is 2.37. The van der Waals surface area contributed by atoms with Gasteiger partial charge in [0.1, 0.15) is 5.60 Å². The lowest BCUT2D eigenvalue weighted by molar-refractivity contribution is -0.115. The molecular formula is C14H20O3. The summed E-state index contributed by atoms with van der Waals surface area (Å²) in [6.07, 6.45) is 6.86. The van der Waals surface area contributed by atoms with E-state index >= 15 is 0 Å². The number of fused-ring (bicyclic) bond motifs is 1. The Labute approximate surface area is 102 Å². The Bertz CT molecular complexity index is 404. The van der Waals surface area contributed by atoms with E-state index in [4.69, 9.17) is 0 Å². The van der Waals surface area contributed by atoms with Crippen LogP contribution in [-0.4, -0.2) is 28.2 Å². The molecule has 17 heavy (non-hydrogen) atoms. The zero-order valence-corrected chi connectivity index (χ0v) is 10.5. The predicted molar refractivity (Wildman–Crippen MR) is 65.5 cm³/mol. The molecule has 0 saturated carbocycles. The van der Waals surface area contributed by atoms with Crippen LogP contribution in [0.15, 0.2) is 23.3 Å². The van der Waals surface area contributed by atoms with Crippen LogP contribution in [0, 0.1) is 5.41 Å². The van der Waals surface area contributed by atoms with Crippen molar-refractivity contribution in [3.63, 3.8) is 0 Å². The molecule has 0 saturated heterocycles. The van der Waals surface area contributed by atoms with Gasteiger partial charge in [0, 0.05) is 6.42 Å². The van der Waals surface area contributed by atoms with Crippen LogP contribution in [0.4, 0.5) is 0 Å². The van der Waals surface area contributed by atoms with Gasteiger partial charge in [0.05, 0.1) is 6.61 Å². The molecular weight excluding hydrogens is 216 g/mol. The summed E-state index contributed by atoms with van der Waals surface area (Å²) >= 11 is 0. The normalized spacial score (nSPS) is 32.4. The maximum Gasteiger partial charge on any atom is 0.156 e. The van der Waals surface area contributed by atoms with Gasteiger partial charge < -0.3 is 10.2 Å². The Hall–Kier alpha value is -0.930. The van der Waals surface area contributed by atoms with Crippen LogP contribution in [0.2, 0.25) is 0 Å². The molecule has 0 amide bonds. The lowest BCUT2D eigenvalue weighted by Gasteiger charge is -2.40. The summed E-state index contributed by atoms with van der Waals surface area (Å²) in [4.78, 5) is 11.5. The van der Waals surface area contributed by atoms with Crippen molar-refractivity contribution in [3.8, 4) is 0 Å². The first kappa shape index (κ1) is 12.5. The van der Waals surface area contributed by atoms with E-state index in [1.54, 1.807) is 13.0 Å². The molecule has 94 valence electrons. The summed E-state index contributed by atoms with van der Waals surface area (Å²) in [5, 5.41) is 19.2. The summed E-state index contributed by atoms with van der Waals surface area (Å²) in [5.41, 5.74) is 0.758. The van der Waals surface area contributed by atoms with Crippen LogP contribution in [0.25, 0.3) is 0 Å². The van der Waals surface area contributed by atoms with Gasteiger partial charge in [-0.05, 0) is 48.8 Å². The van der Waals surface area contributed by atoms with E-state index in [0.717, 1.165) is 30.4 Å². The van der Waals surface area contributed by atoms with Crippen LogP contribution in [-0.2, 0) is 4.79 Å². The van der Waals surface area contributed by atoms with Gasteiger partial charge in [-0.15, -0.1) is 0 Å². The first-order valence-electron chi connectivity index (χ1n) is 6.17. The van der Waals surface area contributed by atoms with Crippen molar-refractivity contribution >= 4 is 5.78 Å². The molecule has 2 aliphatic rings. The molecule has 2 N–H and O–H groups in total. The van der Waals surface area contributed by atoms with Gasteiger partial charge >= 0.3 is 0 Å². The fourth-order valence-electron chi connectivity index (χ4n) is 2.65. The summed E-state index contributed by atoms with van der Waals surface area (Å²) in [6.45, 7) is 3.51. The number of carbonyl (C=O) groups excluding carboxylic acids is 1. The zero-order valence-electron chi connectivity index (χ0n) is 10.5. The third-order valence-corrected chi connectivity index (χ3v) is 4.21. The standard InChI is InChI=1S/C14H20O3/c1-13-5-3-10(14(2,17)9-15)7-11(13)8-12(16)4-6-13/h7-8,15,17H,3-6,9H2,1-2H3/t13-,14-/m0/s1. The number of aliphatic hydroxyl groups is 2. The molecule has 3 nitrogen and oxygen atoms in total. The Morgan fingerprint density at radius 1 is 1.35 bits per heavy atom. The van der Waals surface area contributed by atoms with Crippen molar-refractivity contribution in [1.82, 2.24) is 0 Å². The maximum atomic E-state index is 11.5. The highest BCUT2D eigenvalue weighted by molar-refractivity contribution is 5.92. The molecule has 2 rings (SSSR count). The van der Waals surface area contributed by atoms with Gasteiger partial charge in [-0.25, -0.2) is 0 Å². The summed E-state index contributed by atoms with van der Waals surface area (Å²) < 4.78 is 0. The van der Waals surface area contributed by atoms with Crippen LogP contribution < -0.4 is 0 Å². The molecule has 0 aromatic carbocycles. The fourth-order valence-corrected chi connectivity index (χ4v) is 2.65. The number of ketones is 1. The minimum Gasteiger partial charge on any atom is -0.393 e. The second-order valence-electron chi connectivity index (χ2n) is 5.73. The van der Waals surface area contributed by atoms with Crippen LogP contribution >= 0.6 is 0 Å². The minimum atomic E-state index is -1.16. The quantitative estimate of drug-likeness (QED) is 0.768. The van der Waals surface area contributed by atoms with Crippen molar-refractivity contribution in [1.29, 1.82) is 0 Å². The first-order chi connectivity index (χ1) is 7.87. The van der Waals surface area contributed by atoms with Crippen molar-refractivity contribution in [2.24, 2.45) is 5.41 Å². The topological polar surface area (TPSA) is 57.5 Å². The number of hydrogen-bond acceptors (Lipinski definition) is 3. The predicted octanol–water partition coefficient (Wildman–Crippen LogP) is 1.75. The Morgan fingerprint density at radius 3 is 2.65 bits per heavy atom. The second kappa shape index (κ2) is 4.07. The van der Waals surface area contributed by atoms with Gasteiger partial charge in [-0.3, -0.25) is 4.79 Å². The van der Waals surface area contributed by atoms with Crippen LogP contribution in [0.5, 0.6) is 0 Å². The van der Waals surface area contributed by atoms with Gasteiger partial charge in [0.25, 0.3) is 0 Å². The number of aliphatic hydroxyl groups excluding tert-OH is 1. The molecule has 0 aromatic heterocycles. The lowest BCUT2D eigenvalue weighted by Crippen LogP contribution is -2.36. The van der Waals surface area contributed by atoms with Crippen molar-refractivity contribution < 1.29 is 15.0 Å². The number of hydrogen-bond donors (Lipinski definition) is 2. The highest BCUT2D eigenvalue weighted by Crippen LogP contribution is 2.46. The van der Waals surface area contributed by atoms with Gasteiger partial charge in [0.2, 0.25) is 0 Å². The summed E-state index contributed by atoms with van der Waals surface area (Å²) in [6, 6.07) is 0. The largest absolute Gasteiger partial charge is 0.393 e. The third-order valence-electron chi connectivity index (χ3n) is 4.21. The Kier molecular flexibility index (Phi) is 3.00. The van der Waals surface area contributed by atoms with Crippen molar-refractivity contribution in [2.75, 3.05) is 6.61 Å². The summed E-state index contributed by atoms with van der Waals surface area (Å²) in [7, 11) is 0. The van der Waals surface area contributed by atoms with E-state index in [9.17, 15) is 15.0 Å². The molecule has 0 unspecified atom stereocenters. The van der Waals surface area contributed by atoms with E-state index in [1.165, 1.54) is 0 Å². The van der Waals surface area contributed by atoms with E-state index in [1.807, 2.05) is 6.08 Å². The molecule has 0 aliphatic heterocycles. The SMILES string of the molecule is C[C@]12CCC(=O)C=C1C=C([C@@](C)(O)CO)CC2. The highest BCUT2D eigenvalue weighted by Gasteiger charge is 2.38. The second-order valence-corrected chi connectivity index (χ2v) is 5.73. The monoisotopic (exact) mass is 236 g/mol. The van der Waals surface area contributed by atoms with E-state index in [-0.39, 0.29) is 17.8 Å². The smallest absolute Gasteiger partial charge is 0.156 e. The van der Waals surface area contributed by atoms with Gasteiger partial charge in [-0.2, -0.15) is 0 Å². The number of rotatable bonds is 2. The highest BCUT2D eigenvalue weighted by atomic mass is 16.3. The first-order valence-corrected chi connectivity index (χ1v) is 6.17. The lowest BCUT2D eigenvalue weighted by atomic mass is 9.65. The zero-order chi connectivity index (χ0) is 12.7. The molecule has 2 atom stereocenters. The van der Waals surface area contributed by atoms with E-state index in [2.05, 4.69) is 6.92 Å².